The number of amides is 2. The Morgan fingerprint density at radius 3 is 2.38 bits per heavy atom. The average molecular weight is 339 g/mol. The number of nitrogens with zero attached hydrogens (tertiary/aromatic N) is 3. The van der Waals surface area contributed by atoms with E-state index in [2.05, 4.69) is 4.90 Å². The quantitative estimate of drug-likeness (QED) is 0.753. The van der Waals surface area contributed by atoms with Gasteiger partial charge in [-0.25, -0.2) is 0 Å². The van der Waals surface area contributed by atoms with E-state index in [0.717, 1.165) is 25.9 Å². The minimum Gasteiger partial charge on any atom is -0.387 e. The summed E-state index contributed by atoms with van der Waals surface area (Å²) in [6, 6.07) is 0. The van der Waals surface area contributed by atoms with Crippen molar-refractivity contribution in [1.29, 1.82) is 0 Å². The van der Waals surface area contributed by atoms with Gasteiger partial charge in [-0.3, -0.25) is 14.5 Å². The van der Waals surface area contributed by atoms with Crippen molar-refractivity contribution >= 4 is 11.8 Å². The number of carbonyl (C=O) groups is 2. The predicted molar refractivity (Wildman–Crippen MR) is 88.4 cm³/mol. The van der Waals surface area contributed by atoms with Gasteiger partial charge in [-0.05, 0) is 19.3 Å². The number of ether oxygens (including phenoxy) is 1. The standard InChI is InChI=1S/C17H29N3O4/c1-14(21)19-5-2-15(3-6-19)16(22)20-7-4-17(23,13-20)12-18-8-10-24-11-9-18/h15,23H,2-13H2,1H3/t17-/m1/s1. The Morgan fingerprint density at radius 1 is 1.08 bits per heavy atom. The molecule has 24 heavy (non-hydrogen) atoms. The highest BCUT2D eigenvalue weighted by Crippen LogP contribution is 2.27. The van der Waals surface area contributed by atoms with Crippen LogP contribution in [0.25, 0.3) is 0 Å². The molecule has 3 fully saturated rings. The van der Waals surface area contributed by atoms with Gasteiger partial charge in [0.25, 0.3) is 0 Å². The average Bonchev–Trinajstić information content (AvgIpc) is 2.97. The van der Waals surface area contributed by atoms with Crippen molar-refractivity contribution in [2.45, 2.75) is 31.8 Å². The highest BCUT2D eigenvalue weighted by molar-refractivity contribution is 5.80. The van der Waals surface area contributed by atoms with Crippen molar-refractivity contribution in [3.05, 3.63) is 0 Å². The molecule has 0 radical (unpaired) electrons. The van der Waals surface area contributed by atoms with Gasteiger partial charge in [0.05, 0.1) is 25.4 Å². The largest absolute Gasteiger partial charge is 0.387 e. The lowest BCUT2D eigenvalue weighted by molar-refractivity contribution is -0.140. The number of morpholine rings is 1. The summed E-state index contributed by atoms with van der Waals surface area (Å²) < 4.78 is 5.35. The van der Waals surface area contributed by atoms with E-state index in [-0.39, 0.29) is 17.7 Å². The second kappa shape index (κ2) is 7.37. The summed E-state index contributed by atoms with van der Waals surface area (Å²) in [6.07, 6.45) is 2.11. The Morgan fingerprint density at radius 2 is 1.75 bits per heavy atom. The van der Waals surface area contributed by atoms with Crippen LogP contribution in [0.4, 0.5) is 0 Å². The first-order valence-corrected chi connectivity index (χ1v) is 9.04. The van der Waals surface area contributed by atoms with Crippen LogP contribution in [0.15, 0.2) is 0 Å². The third kappa shape index (κ3) is 4.07. The van der Waals surface area contributed by atoms with E-state index in [1.807, 2.05) is 9.80 Å². The number of rotatable bonds is 3. The first-order valence-electron chi connectivity index (χ1n) is 9.04. The summed E-state index contributed by atoms with van der Waals surface area (Å²) in [6.45, 7) is 7.70. The highest BCUT2D eigenvalue weighted by Gasteiger charge is 2.41. The summed E-state index contributed by atoms with van der Waals surface area (Å²) >= 11 is 0. The zero-order chi connectivity index (χ0) is 17.2. The molecule has 7 nitrogen and oxygen atoms in total. The lowest BCUT2D eigenvalue weighted by Crippen LogP contribution is -2.50. The molecule has 0 aromatic carbocycles. The van der Waals surface area contributed by atoms with Gasteiger partial charge in [0.15, 0.2) is 0 Å². The lowest BCUT2D eigenvalue weighted by atomic mass is 9.95. The number of hydrogen-bond donors (Lipinski definition) is 1. The Kier molecular flexibility index (Phi) is 5.42. The second-order valence-corrected chi connectivity index (χ2v) is 7.40. The smallest absolute Gasteiger partial charge is 0.225 e. The van der Waals surface area contributed by atoms with Gasteiger partial charge >= 0.3 is 0 Å². The first-order chi connectivity index (χ1) is 11.5. The fourth-order valence-electron chi connectivity index (χ4n) is 4.05. The number of β-amino-alcohol motifs (C(OH)–C–C–N with tert-alkyl or cyclic N) is 1. The molecule has 0 aromatic rings. The molecule has 3 rings (SSSR count). The fraction of sp³-hybridized carbons (Fsp3) is 0.882. The van der Waals surface area contributed by atoms with Crippen LogP contribution >= 0.6 is 0 Å². The minimum absolute atomic E-state index is 0.00802. The van der Waals surface area contributed by atoms with E-state index in [9.17, 15) is 14.7 Å². The van der Waals surface area contributed by atoms with E-state index in [0.29, 0.717) is 52.4 Å². The minimum atomic E-state index is -0.799. The predicted octanol–water partition coefficient (Wildman–Crippen LogP) is -0.459. The van der Waals surface area contributed by atoms with Crippen LogP contribution < -0.4 is 0 Å². The molecule has 0 saturated carbocycles. The molecule has 0 bridgehead atoms. The van der Waals surface area contributed by atoms with Crippen molar-refractivity contribution in [1.82, 2.24) is 14.7 Å². The molecule has 7 heteroatoms. The summed E-state index contributed by atoms with van der Waals surface area (Å²) in [5.74, 6) is 0.226. The van der Waals surface area contributed by atoms with Gasteiger partial charge in [-0.15, -0.1) is 0 Å². The van der Waals surface area contributed by atoms with Gasteiger partial charge < -0.3 is 19.6 Å². The molecule has 3 saturated heterocycles. The molecule has 3 heterocycles. The van der Waals surface area contributed by atoms with Gasteiger partial charge in [-0.1, -0.05) is 0 Å². The Balaban J connectivity index is 1.49. The third-order valence-corrected chi connectivity index (χ3v) is 5.56. The van der Waals surface area contributed by atoms with Crippen LogP contribution in [-0.2, 0) is 14.3 Å². The molecule has 0 spiro atoms. The van der Waals surface area contributed by atoms with Crippen molar-refractivity contribution in [2.75, 3.05) is 59.0 Å². The molecule has 1 atom stereocenters. The molecule has 136 valence electrons. The summed E-state index contributed by atoms with van der Waals surface area (Å²) in [4.78, 5) is 30.0. The SMILES string of the molecule is CC(=O)N1CCC(C(=O)N2CC[C@@](O)(CN3CCOCC3)C2)CC1. The van der Waals surface area contributed by atoms with Crippen molar-refractivity contribution in [2.24, 2.45) is 5.92 Å². The molecule has 1 N–H and O–H groups in total. The fourth-order valence-corrected chi connectivity index (χ4v) is 4.05. The second-order valence-electron chi connectivity index (χ2n) is 7.40. The molecular weight excluding hydrogens is 310 g/mol. The maximum Gasteiger partial charge on any atom is 0.225 e. The number of likely N-dealkylation sites (tertiary alicyclic amines) is 2. The van der Waals surface area contributed by atoms with Crippen molar-refractivity contribution in [3.8, 4) is 0 Å². The molecule has 3 aliphatic rings. The lowest BCUT2D eigenvalue weighted by Gasteiger charge is -2.35. The van der Waals surface area contributed by atoms with E-state index < -0.39 is 5.60 Å². The maximum absolute atomic E-state index is 12.7. The number of hydrogen-bond acceptors (Lipinski definition) is 5. The topological polar surface area (TPSA) is 73.3 Å². The van der Waals surface area contributed by atoms with Crippen molar-refractivity contribution in [3.63, 3.8) is 0 Å². The zero-order valence-corrected chi connectivity index (χ0v) is 14.6. The Bertz CT molecular complexity index is 472. The Labute approximate surface area is 143 Å². The van der Waals surface area contributed by atoms with Crippen LogP contribution in [0.5, 0.6) is 0 Å². The van der Waals surface area contributed by atoms with Gasteiger partial charge in [0, 0.05) is 52.1 Å². The van der Waals surface area contributed by atoms with E-state index >= 15 is 0 Å². The van der Waals surface area contributed by atoms with E-state index in [1.165, 1.54) is 0 Å². The number of aliphatic hydroxyl groups is 1. The third-order valence-electron chi connectivity index (χ3n) is 5.56. The molecular formula is C17H29N3O4. The summed E-state index contributed by atoms with van der Waals surface area (Å²) in [5, 5.41) is 10.8. The number of piperidine rings is 1. The molecule has 3 aliphatic heterocycles. The van der Waals surface area contributed by atoms with Crippen LogP contribution in [0.1, 0.15) is 26.2 Å². The van der Waals surface area contributed by atoms with E-state index in [4.69, 9.17) is 4.74 Å². The maximum atomic E-state index is 12.7. The van der Waals surface area contributed by atoms with Crippen LogP contribution in [0.2, 0.25) is 0 Å². The Hall–Kier alpha value is -1.18. The summed E-state index contributed by atoms with van der Waals surface area (Å²) in [5.41, 5.74) is -0.799. The first kappa shape index (κ1) is 17.6. The van der Waals surface area contributed by atoms with Gasteiger partial charge in [-0.2, -0.15) is 0 Å². The normalized spacial score (nSPS) is 29.9. The van der Waals surface area contributed by atoms with Crippen LogP contribution in [-0.4, -0.2) is 96.2 Å². The van der Waals surface area contributed by atoms with E-state index in [1.54, 1.807) is 6.92 Å². The molecule has 0 aromatic heterocycles. The van der Waals surface area contributed by atoms with Crippen LogP contribution in [0, 0.1) is 5.92 Å². The molecule has 0 unspecified atom stereocenters. The van der Waals surface area contributed by atoms with Gasteiger partial charge in [0.2, 0.25) is 11.8 Å². The summed E-state index contributed by atoms with van der Waals surface area (Å²) in [7, 11) is 0. The van der Waals surface area contributed by atoms with Crippen LogP contribution in [0.3, 0.4) is 0 Å². The zero-order valence-electron chi connectivity index (χ0n) is 14.6. The highest BCUT2D eigenvalue weighted by atomic mass is 16.5. The molecule has 0 aliphatic carbocycles. The molecule has 2 amide bonds. The van der Waals surface area contributed by atoms with Crippen molar-refractivity contribution < 1.29 is 19.4 Å². The monoisotopic (exact) mass is 339 g/mol. The number of carbonyl (C=O) groups excluding carboxylic acids is 2. The van der Waals surface area contributed by atoms with Gasteiger partial charge in [0.1, 0.15) is 0 Å².